The number of fused-ring (bicyclic) bond motifs is 1. The van der Waals surface area contributed by atoms with Crippen LogP contribution in [0.3, 0.4) is 0 Å². The zero-order chi connectivity index (χ0) is 19.4. The van der Waals surface area contributed by atoms with Crippen molar-refractivity contribution in [3.8, 4) is 0 Å². The number of carbonyl (C=O) groups is 1. The minimum atomic E-state index is -1.28. The number of anilines is 3. The molecule has 1 amide bonds. The molecule has 0 spiro atoms. The van der Waals surface area contributed by atoms with Crippen molar-refractivity contribution in [2.24, 2.45) is 11.5 Å². The van der Waals surface area contributed by atoms with Crippen molar-refractivity contribution >= 4 is 35.8 Å². The average Bonchev–Trinajstić information content (AvgIpc) is 2.59. The highest BCUT2D eigenvalue weighted by Crippen LogP contribution is 2.29. The molecule has 1 aliphatic heterocycles. The molecular weight excluding hydrogens is 378 g/mol. The predicted octanol–water partition coefficient (Wildman–Crippen LogP) is -1.90. The Labute approximate surface area is 162 Å². The fraction of sp³-hybridized carbons (Fsp3) is 0.667. The number of hydrogen-bond acceptors (Lipinski definition) is 9. The van der Waals surface area contributed by atoms with Gasteiger partial charge in [0.1, 0.15) is 6.10 Å². The molecule has 1 aromatic heterocycles. The second-order valence-electron chi connectivity index (χ2n) is 6.43. The number of hydrogen-bond donors (Lipinski definition) is 7. The van der Waals surface area contributed by atoms with Crippen LogP contribution < -0.4 is 33.0 Å². The summed E-state index contributed by atoms with van der Waals surface area (Å²) >= 11 is 0. The fourth-order valence-corrected chi connectivity index (χ4v) is 2.97. The summed E-state index contributed by atoms with van der Waals surface area (Å²) in [4.78, 5) is 32.8. The summed E-state index contributed by atoms with van der Waals surface area (Å²) in [6.07, 6.45) is -0.645. The summed E-state index contributed by atoms with van der Waals surface area (Å²) in [6.45, 7) is 1.97. The van der Waals surface area contributed by atoms with E-state index < -0.39 is 35.8 Å². The largest absolute Gasteiger partial charge is 0.391 e. The second-order valence-corrected chi connectivity index (χ2v) is 6.43. The number of nitrogens with two attached hydrogens (primary N) is 3. The van der Waals surface area contributed by atoms with E-state index in [0.29, 0.717) is 19.4 Å². The Morgan fingerprint density at radius 1 is 1.41 bits per heavy atom. The molecule has 0 saturated carbocycles. The molecule has 2 rings (SSSR count). The molecule has 12 heteroatoms. The Hall–Kier alpha value is -1.92. The van der Waals surface area contributed by atoms with Gasteiger partial charge in [-0.2, -0.15) is 4.98 Å². The maximum Gasteiger partial charge on any atom is 0.278 e. The van der Waals surface area contributed by atoms with Crippen LogP contribution in [0.5, 0.6) is 0 Å². The van der Waals surface area contributed by atoms with Gasteiger partial charge in [0.05, 0.1) is 18.2 Å². The van der Waals surface area contributed by atoms with Crippen LogP contribution in [0.25, 0.3) is 0 Å². The predicted molar refractivity (Wildman–Crippen MR) is 105 cm³/mol. The van der Waals surface area contributed by atoms with E-state index in [1.165, 1.54) is 6.92 Å². The highest BCUT2D eigenvalue weighted by Gasteiger charge is 2.41. The van der Waals surface area contributed by atoms with Crippen LogP contribution in [-0.4, -0.2) is 63.5 Å². The van der Waals surface area contributed by atoms with Crippen molar-refractivity contribution in [2.75, 3.05) is 29.0 Å². The maximum absolute atomic E-state index is 13.0. The Kier molecular flexibility index (Phi) is 8.44. The standard InChI is InChI=1S/C15H27N7O4.ClH/c1-7(23)11(24)9-6-19-12-10(13(25)21-15(18)20-12)22(9)14(26)8(17)4-2-3-5-16;/h7-9,11,23-24H,2-6,16-17H2,1H3,(H4,18,19,20,21,25);1H. The maximum atomic E-state index is 13.0. The lowest BCUT2D eigenvalue weighted by atomic mass is 9.99. The number of unbranched alkanes of at least 4 members (excludes halogenated alkanes) is 1. The number of carbonyl (C=O) groups excluding carboxylic acids is 1. The van der Waals surface area contributed by atoms with Crippen LogP contribution in [-0.2, 0) is 4.79 Å². The lowest BCUT2D eigenvalue weighted by molar-refractivity contribution is -0.121. The molecule has 1 aromatic rings. The van der Waals surface area contributed by atoms with E-state index in [0.717, 1.165) is 11.3 Å². The van der Waals surface area contributed by atoms with E-state index in [1.807, 2.05) is 0 Å². The second kappa shape index (κ2) is 9.85. The molecule has 2 heterocycles. The van der Waals surface area contributed by atoms with E-state index in [9.17, 15) is 19.8 Å². The first-order chi connectivity index (χ1) is 12.3. The van der Waals surface area contributed by atoms with Crippen molar-refractivity contribution in [2.45, 2.75) is 50.5 Å². The summed E-state index contributed by atoms with van der Waals surface area (Å²) < 4.78 is 0. The number of aromatic nitrogens is 2. The third-order valence-electron chi connectivity index (χ3n) is 4.38. The molecule has 0 bridgehead atoms. The first-order valence-electron chi connectivity index (χ1n) is 8.56. The summed E-state index contributed by atoms with van der Waals surface area (Å²) in [5, 5.41) is 23.0. The number of nitrogens with zero attached hydrogens (tertiary/aromatic N) is 2. The van der Waals surface area contributed by atoms with Gasteiger partial charge in [0.2, 0.25) is 11.9 Å². The molecule has 0 fully saturated rings. The van der Waals surface area contributed by atoms with Crippen molar-refractivity contribution < 1.29 is 15.0 Å². The van der Waals surface area contributed by atoms with Crippen LogP contribution in [0, 0.1) is 0 Å². The van der Waals surface area contributed by atoms with Gasteiger partial charge in [-0.1, -0.05) is 6.42 Å². The summed E-state index contributed by atoms with van der Waals surface area (Å²) in [6, 6.07) is -1.77. The highest BCUT2D eigenvalue weighted by molar-refractivity contribution is 6.00. The van der Waals surface area contributed by atoms with Gasteiger partial charge >= 0.3 is 0 Å². The molecule has 11 nitrogen and oxygen atoms in total. The van der Waals surface area contributed by atoms with Gasteiger partial charge in [-0.3, -0.25) is 19.5 Å². The summed E-state index contributed by atoms with van der Waals surface area (Å²) in [5.41, 5.74) is 16.3. The minimum Gasteiger partial charge on any atom is -0.391 e. The van der Waals surface area contributed by atoms with Gasteiger partial charge in [0.15, 0.2) is 11.5 Å². The molecule has 0 aromatic carbocycles. The van der Waals surface area contributed by atoms with Crippen LogP contribution in [0.2, 0.25) is 0 Å². The first-order valence-corrected chi connectivity index (χ1v) is 8.56. The Morgan fingerprint density at radius 3 is 2.67 bits per heavy atom. The van der Waals surface area contributed by atoms with Crippen LogP contribution >= 0.6 is 12.4 Å². The number of rotatable bonds is 7. The SMILES string of the molecule is CC(O)C(O)C1CNc2nc(N)[nH]c(=O)c2N1C(=O)C(N)CCCCN.Cl. The third-order valence-corrected chi connectivity index (χ3v) is 4.38. The van der Waals surface area contributed by atoms with Gasteiger partial charge < -0.3 is 32.7 Å². The Balaban J connectivity index is 0.00000364. The van der Waals surface area contributed by atoms with Crippen LogP contribution in [0.1, 0.15) is 26.2 Å². The highest BCUT2D eigenvalue weighted by atomic mass is 35.5. The molecular formula is C15H28ClN7O4. The van der Waals surface area contributed by atoms with Gasteiger partial charge in [-0.25, -0.2) is 0 Å². The molecule has 4 unspecified atom stereocenters. The van der Waals surface area contributed by atoms with Gasteiger partial charge in [-0.15, -0.1) is 12.4 Å². The Bertz CT molecular complexity index is 699. The molecule has 0 saturated heterocycles. The van der Waals surface area contributed by atoms with E-state index >= 15 is 0 Å². The van der Waals surface area contributed by atoms with Gasteiger partial charge in [0, 0.05) is 6.54 Å². The molecule has 154 valence electrons. The molecule has 0 radical (unpaired) electrons. The van der Waals surface area contributed by atoms with Gasteiger partial charge in [-0.05, 0) is 26.3 Å². The molecule has 4 atom stereocenters. The monoisotopic (exact) mass is 405 g/mol. The van der Waals surface area contributed by atoms with E-state index in [-0.39, 0.29) is 36.4 Å². The zero-order valence-corrected chi connectivity index (χ0v) is 15.9. The number of aliphatic hydroxyl groups is 2. The lowest BCUT2D eigenvalue weighted by Crippen LogP contribution is -2.61. The topological polar surface area (TPSA) is 197 Å². The first kappa shape index (κ1) is 23.1. The van der Waals surface area contributed by atoms with Crippen LogP contribution in [0.15, 0.2) is 4.79 Å². The smallest absolute Gasteiger partial charge is 0.278 e. The number of amides is 1. The number of halogens is 1. The third kappa shape index (κ3) is 5.08. The molecule has 10 N–H and O–H groups in total. The van der Waals surface area contributed by atoms with Crippen LogP contribution in [0.4, 0.5) is 17.5 Å². The number of aromatic amines is 1. The lowest BCUT2D eigenvalue weighted by Gasteiger charge is -2.40. The quantitative estimate of drug-likeness (QED) is 0.253. The van der Waals surface area contributed by atoms with Crippen molar-refractivity contribution in [1.29, 1.82) is 0 Å². The number of nitrogens with one attached hydrogen (secondary N) is 2. The van der Waals surface area contributed by atoms with E-state index in [4.69, 9.17) is 17.2 Å². The minimum absolute atomic E-state index is 0. The number of aliphatic hydroxyl groups excluding tert-OH is 2. The van der Waals surface area contributed by atoms with Gasteiger partial charge in [0.25, 0.3) is 5.56 Å². The fourth-order valence-electron chi connectivity index (χ4n) is 2.97. The van der Waals surface area contributed by atoms with Crippen molar-refractivity contribution in [3.05, 3.63) is 10.4 Å². The van der Waals surface area contributed by atoms with E-state index in [1.54, 1.807) is 0 Å². The number of H-pyrrole nitrogens is 1. The molecule has 27 heavy (non-hydrogen) atoms. The normalized spacial score (nSPS) is 19.3. The molecule has 0 aliphatic carbocycles. The molecule has 1 aliphatic rings. The Morgan fingerprint density at radius 2 is 2.07 bits per heavy atom. The number of nitrogen functional groups attached to an aromatic ring is 1. The van der Waals surface area contributed by atoms with Crippen molar-refractivity contribution in [1.82, 2.24) is 9.97 Å². The summed E-state index contributed by atoms with van der Waals surface area (Å²) in [7, 11) is 0. The zero-order valence-electron chi connectivity index (χ0n) is 15.1. The summed E-state index contributed by atoms with van der Waals surface area (Å²) in [5.74, 6) is -0.509. The van der Waals surface area contributed by atoms with E-state index in [2.05, 4.69) is 15.3 Å². The van der Waals surface area contributed by atoms with Crippen molar-refractivity contribution in [3.63, 3.8) is 0 Å². The average molecular weight is 406 g/mol.